The van der Waals surface area contributed by atoms with E-state index in [-0.39, 0.29) is 12.7 Å². The van der Waals surface area contributed by atoms with Gasteiger partial charge >= 0.3 is 0 Å². The van der Waals surface area contributed by atoms with Gasteiger partial charge in [0.25, 0.3) is 0 Å². The Kier molecular flexibility index (Phi) is 5.12. The predicted molar refractivity (Wildman–Crippen MR) is 64.2 cm³/mol. The van der Waals surface area contributed by atoms with Gasteiger partial charge in [0.15, 0.2) is 11.5 Å². The van der Waals surface area contributed by atoms with Crippen molar-refractivity contribution in [2.45, 2.75) is 32.8 Å². The molecule has 0 heterocycles. The molecular formula is C13H20O3. The van der Waals surface area contributed by atoms with Crippen molar-refractivity contribution in [2.75, 3.05) is 13.7 Å². The molecule has 0 saturated carbocycles. The minimum absolute atomic E-state index is 0.115. The first-order valence-corrected chi connectivity index (χ1v) is 5.62. The summed E-state index contributed by atoms with van der Waals surface area (Å²) >= 11 is 0. The summed E-state index contributed by atoms with van der Waals surface area (Å²) in [5.74, 6) is 1.55. The molecule has 16 heavy (non-hydrogen) atoms. The molecule has 0 fully saturated rings. The number of methoxy groups -OCH3 is 1. The molecule has 0 spiro atoms. The molecule has 0 bridgehead atoms. The van der Waals surface area contributed by atoms with E-state index in [0.717, 1.165) is 29.9 Å². The van der Waals surface area contributed by atoms with Crippen LogP contribution >= 0.6 is 0 Å². The molecule has 3 nitrogen and oxygen atoms in total. The predicted octanol–water partition coefficient (Wildman–Crippen LogP) is 2.41. The highest BCUT2D eigenvalue weighted by Crippen LogP contribution is 2.32. The van der Waals surface area contributed by atoms with Crippen molar-refractivity contribution in [1.29, 1.82) is 0 Å². The molecule has 0 aliphatic rings. The second-order valence-corrected chi connectivity index (χ2v) is 3.94. The molecule has 0 amide bonds. The lowest BCUT2D eigenvalue weighted by Gasteiger charge is -2.17. The first-order chi connectivity index (χ1) is 7.69. The molecule has 0 radical (unpaired) electrons. The Labute approximate surface area is 97.0 Å². The van der Waals surface area contributed by atoms with Crippen LogP contribution in [-0.4, -0.2) is 24.9 Å². The Hall–Kier alpha value is -1.22. The smallest absolute Gasteiger partial charge is 0.164 e. The lowest BCUT2D eigenvalue weighted by Crippen LogP contribution is -2.09. The molecule has 1 N–H and O–H groups in total. The molecule has 0 aliphatic heterocycles. The number of hydrogen-bond acceptors (Lipinski definition) is 3. The summed E-state index contributed by atoms with van der Waals surface area (Å²) in [6.45, 7) is 4.17. The average Bonchev–Trinajstić information content (AvgIpc) is 2.27. The van der Waals surface area contributed by atoms with Crippen LogP contribution in [0.15, 0.2) is 18.2 Å². The third kappa shape index (κ3) is 3.42. The Bertz CT molecular complexity index is 321. The molecule has 1 aromatic rings. The van der Waals surface area contributed by atoms with Gasteiger partial charge in [-0.05, 0) is 38.3 Å². The van der Waals surface area contributed by atoms with Gasteiger partial charge in [-0.25, -0.2) is 0 Å². The SMILES string of the molecule is COc1cccc(CCCO)c1OC(C)C. The number of para-hydroxylation sites is 1. The quantitative estimate of drug-likeness (QED) is 0.806. The third-order valence-electron chi connectivity index (χ3n) is 2.24. The van der Waals surface area contributed by atoms with Crippen LogP contribution in [-0.2, 0) is 6.42 Å². The van der Waals surface area contributed by atoms with E-state index in [1.54, 1.807) is 7.11 Å². The van der Waals surface area contributed by atoms with Crippen molar-refractivity contribution in [2.24, 2.45) is 0 Å². The fourth-order valence-corrected chi connectivity index (χ4v) is 1.56. The van der Waals surface area contributed by atoms with E-state index in [2.05, 4.69) is 0 Å². The van der Waals surface area contributed by atoms with Crippen LogP contribution in [0, 0.1) is 0 Å². The van der Waals surface area contributed by atoms with Gasteiger partial charge in [0, 0.05) is 6.61 Å². The monoisotopic (exact) mass is 224 g/mol. The van der Waals surface area contributed by atoms with Crippen LogP contribution in [0.5, 0.6) is 11.5 Å². The Morgan fingerprint density at radius 2 is 2.06 bits per heavy atom. The lowest BCUT2D eigenvalue weighted by molar-refractivity contribution is 0.226. The molecule has 0 saturated heterocycles. The maximum absolute atomic E-state index is 8.85. The number of aliphatic hydroxyl groups excluding tert-OH is 1. The molecule has 90 valence electrons. The zero-order chi connectivity index (χ0) is 12.0. The van der Waals surface area contributed by atoms with Crippen molar-refractivity contribution < 1.29 is 14.6 Å². The normalized spacial score (nSPS) is 10.6. The first-order valence-electron chi connectivity index (χ1n) is 5.62. The summed E-state index contributed by atoms with van der Waals surface area (Å²) in [6, 6.07) is 5.84. The molecular weight excluding hydrogens is 204 g/mol. The Morgan fingerprint density at radius 1 is 1.31 bits per heavy atom. The number of benzene rings is 1. The molecule has 0 unspecified atom stereocenters. The summed E-state index contributed by atoms with van der Waals surface area (Å²) in [5.41, 5.74) is 1.09. The van der Waals surface area contributed by atoms with Crippen molar-refractivity contribution >= 4 is 0 Å². The van der Waals surface area contributed by atoms with Crippen LogP contribution in [0.3, 0.4) is 0 Å². The van der Waals surface area contributed by atoms with Gasteiger partial charge in [0.2, 0.25) is 0 Å². The molecule has 0 aromatic heterocycles. The van der Waals surface area contributed by atoms with Gasteiger partial charge in [0.1, 0.15) is 0 Å². The Morgan fingerprint density at radius 3 is 2.62 bits per heavy atom. The molecule has 0 atom stereocenters. The number of aryl methyl sites for hydroxylation is 1. The summed E-state index contributed by atoms with van der Waals surface area (Å²) < 4.78 is 11.0. The van der Waals surface area contributed by atoms with Crippen molar-refractivity contribution in [3.8, 4) is 11.5 Å². The zero-order valence-corrected chi connectivity index (χ0v) is 10.2. The van der Waals surface area contributed by atoms with E-state index in [1.807, 2.05) is 32.0 Å². The standard InChI is InChI=1S/C13H20O3/c1-10(2)16-13-11(7-5-9-14)6-4-8-12(13)15-3/h4,6,8,10,14H,5,7,9H2,1-3H3. The maximum atomic E-state index is 8.85. The summed E-state index contributed by atoms with van der Waals surface area (Å²) in [6.07, 6.45) is 1.65. The highest BCUT2D eigenvalue weighted by molar-refractivity contribution is 5.46. The van der Waals surface area contributed by atoms with Crippen molar-refractivity contribution in [1.82, 2.24) is 0 Å². The minimum Gasteiger partial charge on any atom is -0.493 e. The van der Waals surface area contributed by atoms with E-state index in [9.17, 15) is 0 Å². The van der Waals surface area contributed by atoms with Gasteiger partial charge < -0.3 is 14.6 Å². The molecule has 1 rings (SSSR count). The first kappa shape index (κ1) is 12.8. The number of hydrogen-bond donors (Lipinski definition) is 1. The second-order valence-electron chi connectivity index (χ2n) is 3.94. The molecule has 0 aliphatic carbocycles. The van der Waals surface area contributed by atoms with Crippen LogP contribution in [0.25, 0.3) is 0 Å². The van der Waals surface area contributed by atoms with E-state index < -0.39 is 0 Å². The van der Waals surface area contributed by atoms with Crippen LogP contribution in [0.2, 0.25) is 0 Å². The molecule has 1 aromatic carbocycles. The van der Waals surface area contributed by atoms with E-state index >= 15 is 0 Å². The maximum Gasteiger partial charge on any atom is 0.164 e. The van der Waals surface area contributed by atoms with Crippen molar-refractivity contribution in [3.63, 3.8) is 0 Å². The van der Waals surface area contributed by atoms with Crippen molar-refractivity contribution in [3.05, 3.63) is 23.8 Å². The zero-order valence-electron chi connectivity index (χ0n) is 10.2. The third-order valence-corrected chi connectivity index (χ3v) is 2.24. The van der Waals surface area contributed by atoms with Crippen LogP contribution in [0.1, 0.15) is 25.8 Å². The largest absolute Gasteiger partial charge is 0.493 e. The van der Waals surface area contributed by atoms with E-state index in [0.29, 0.717) is 0 Å². The number of rotatable bonds is 6. The molecule has 3 heteroatoms. The fraction of sp³-hybridized carbons (Fsp3) is 0.538. The van der Waals surface area contributed by atoms with E-state index in [1.165, 1.54) is 0 Å². The summed E-state index contributed by atoms with van der Waals surface area (Å²) in [4.78, 5) is 0. The lowest BCUT2D eigenvalue weighted by atomic mass is 10.1. The summed E-state index contributed by atoms with van der Waals surface area (Å²) in [7, 11) is 1.64. The van der Waals surface area contributed by atoms with Gasteiger partial charge in [0.05, 0.1) is 13.2 Å². The summed E-state index contributed by atoms with van der Waals surface area (Å²) in [5, 5.41) is 8.85. The second kappa shape index (κ2) is 6.38. The van der Waals surface area contributed by atoms with Gasteiger partial charge in [-0.15, -0.1) is 0 Å². The van der Waals surface area contributed by atoms with E-state index in [4.69, 9.17) is 14.6 Å². The van der Waals surface area contributed by atoms with Gasteiger partial charge in [-0.3, -0.25) is 0 Å². The highest BCUT2D eigenvalue weighted by atomic mass is 16.5. The number of aliphatic hydroxyl groups is 1. The highest BCUT2D eigenvalue weighted by Gasteiger charge is 2.11. The van der Waals surface area contributed by atoms with Gasteiger partial charge in [-0.1, -0.05) is 12.1 Å². The number of ether oxygens (including phenoxy) is 2. The fourth-order valence-electron chi connectivity index (χ4n) is 1.56. The van der Waals surface area contributed by atoms with Crippen LogP contribution < -0.4 is 9.47 Å². The minimum atomic E-state index is 0.115. The van der Waals surface area contributed by atoms with Crippen LogP contribution in [0.4, 0.5) is 0 Å². The van der Waals surface area contributed by atoms with Gasteiger partial charge in [-0.2, -0.15) is 0 Å². The topological polar surface area (TPSA) is 38.7 Å². The average molecular weight is 224 g/mol. The Balaban J connectivity index is 2.95.